The molecule has 220 valence electrons. The first kappa shape index (κ1) is 29.5. The molecule has 4 amide bonds. The Morgan fingerprint density at radius 2 is 1.88 bits per heavy atom. The molecule has 4 rings (SSSR count). The van der Waals surface area contributed by atoms with Crippen molar-refractivity contribution in [3.05, 3.63) is 53.9 Å². The fourth-order valence-corrected chi connectivity index (χ4v) is 4.55. The predicted molar refractivity (Wildman–Crippen MR) is 144 cm³/mol. The van der Waals surface area contributed by atoms with Crippen LogP contribution in [0.15, 0.2) is 36.7 Å². The van der Waals surface area contributed by atoms with E-state index in [2.05, 4.69) is 15.6 Å². The molecule has 14 heteroatoms. The van der Waals surface area contributed by atoms with Crippen LogP contribution in [0.1, 0.15) is 30.6 Å². The van der Waals surface area contributed by atoms with Gasteiger partial charge in [0.2, 0.25) is 5.91 Å². The molecule has 1 aromatic carbocycles. The Kier molecular flexibility index (Phi) is 9.53. The third-order valence-corrected chi connectivity index (χ3v) is 6.65. The zero-order valence-electron chi connectivity index (χ0n) is 22.8. The minimum absolute atomic E-state index is 0.0113. The molecule has 12 nitrogen and oxygen atoms in total. The van der Waals surface area contributed by atoms with Crippen molar-refractivity contribution in [2.45, 2.75) is 32.4 Å². The van der Waals surface area contributed by atoms with Crippen molar-refractivity contribution in [1.29, 1.82) is 0 Å². The lowest BCUT2D eigenvalue weighted by Gasteiger charge is -2.37. The van der Waals surface area contributed by atoms with Crippen LogP contribution in [-0.2, 0) is 14.3 Å². The van der Waals surface area contributed by atoms with Crippen molar-refractivity contribution < 1.29 is 37.4 Å². The lowest BCUT2D eigenvalue weighted by atomic mass is 10.1. The molecule has 0 aliphatic carbocycles. The summed E-state index contributed by atoms with van der Waals surface area (Å²) in [5.74, 6) is -2.47. The average Bonchev–Trinajstić information content (AvgIpc) is 3.35. The molecule has 0 radical (unpaired) electrons. The average molecular weight is 575 g/mol. The van der Waals surface area contributed by atoms with Crippen LogP contribution >= 0.6 is 0 Å². The number of cyclic esters (lactones) is 1. The van der Waals surface area contributed by atoms with E-state index in [1.807, 2.05) is 6.92 Å². The topological polar surface area (TPSA) is 133 Å². The van der Waals surface area contributed by atoms with Crippen molar-refractivity contribution in [2.75, 3.05) is 55.7 Å². The monoisotopic (exact) mass is 574 g/mol. The van der Waals surface area contributed by atoms with Gasteiger partial charge in [-0.1, -0.05) is 6.92 Å². The molecule has 41 heavy (non-hydrogen) atoms. The van der Waals surface area contributed by atoms with Gasteiger partial charge in [0.15, 0.2) is 11.6 Å². The van der Waals surface area contributed by atoms with Gasteiger partial charge in [-0.2, -0.15) is 0 Å². The van der Waals surface area contributed by atoms with Gasteiger partial charge in [0.1, 0.15) is 17.8 Å². The Labute approximate surface area is 235 Å². The summed E-state index contributed by atoms with van der Waals surface area (Å²) in [6.45, 7) is 4.37. The summed E-state index contributed by atoms with van der Waals surface area (Å²) in [6, 6.07) is 4.51. The fourth-order valence-electron chi connectivity index (χ4n) is 4.55. The van der Waals surface area contributed by atoms with Crippen molar-refractivity contribution in [1.82, 2.24) is 20.5 Å². The van der Waals surface area contributed by atoms with Gasteiger partial charge in [-0.3, -0.25) is 19.5 Å². The minimum Gasteiger partial charge on any atom is -0.450 e. The van der Waals surface area contributed by atoms with Crippen LogP contribution in [0.2, 0.25) is 0 Å². The third-order valence-electron chi connectivity index (χ3n) is 6.65. The van der Waals surface area contributed by atoms with E-state index >= 15 is 8.78 Å². The first-order valence-electron chi connectivity index (χ1n) is 13.3. The number of halogens is 2. The van der Waals surface area contributed by atoms with Gasteiger partial charge in [0.25, 0.3) is 5.91 Å². The number of nitrogens with zero attached hydrogens (tertiary/aromatic N) is 4. The van der Waals surface area contributed by atoms with E-state index in [0.717, 1.165) is 17.0 Å². The number of rotatable bonds is 9. The third kappa shape index (κ3) is 7.18. The number of hydrogen-bond donors (Lipinski definition) is 2. The maximum absolute atomic E-state index is 15.2. The van der Waals surface area contributed by atoms with Crippen LogP contribution in [0.25, 0.3) is 0 Å². The maximum Gasteiger partial charge on any atom is 0.414 e. The number of carbonyl (C=O) groups excluding carboxylic acids is 4. The molecule has 0 saturated carbocycles. The number of piperazine rings is 1. The van der Waals surface area contributed by atoms with Gasteiger partial charge in [0.05, 0.1) is 30.9 Å². The summed E-state index contributed by atoms with van der Waals surface area (Å²) in [7, 11) is 0. The minimum atomic E-state index is -0.866. The molecule has 2 N–H and O–H groups in total. The molecule has 2 fully saturated rings. The Morgan fingerprint density at radius 1 is 1.17 bits per heavy atom. The Morgan fingerprint density at radius 3 is 2.51 bits per heavy atom. The molecule has 0 unspecified atom stereocenters. The lowest BCUT2D eigenvalue weighted by Crippen LogP contribution is -2.54. The SMILES string of the molecule is CCCOC(=O)NC[C@H]1CN(c2cc(F)c(N3CCN(C(=O)[C@H](C)NC(=O)c4cccnc4)CC3)c(F)c2)C(=O)O1. The molecular weight excluding hydrogens is 542 g/mol. The number of alkyl carbamates (subject to hydrolysis) is 1. The number of ether oxygens (including phenoxy) is 2. The van der Waals surface area contributed by atoms with Crippen LogP contribution in [-0.4, -0.2) is 91.9 Å². The van der Waals surface area contributed by atoms with Crippen molar-refractivity contribution >= 4 is 35.4 Å². The van der Waals surface area contributed by atoms with Crippen LogP contribution in [0.5, 0.6) is 0 Å². The second-order valence-corrected chi connectivity index (χ2v) is 9.64. The maximum atomic E-state index is 15.2. The largest absolute Gasteiger partial charge is 0.450 e. The van der Waals surface area contributed by atoms with E-state index in [4.69, 9.17) is 9.47 Å². The first-order chi connectivity index (χ1) is 19.7. The number of benzene rings is 1. The highest BCUT2D eigenvalue weighted by atomic mass is 19.1. The number of aromatic nitrogens is 1. The quantitative estimate of drug-likeness (QED) is 0.466. The molecule has 1 aromatic heterocycles. The van der Waals surface area contributed by atoms with E-state index < -0.39 is 41.9 Å². The normalized spacial score (nSPS) is 17.6. The second kappa shape index (κ2) is 13.2. The van der Waals surface area contributed by atoms with Gasteiger partial charge in [-0.25, -0.2) is 18.4 Å². The van der Waals surface area contributed by atoms with Gasteiger partial charge in [0, 0.05) is 50.7 Å². The van der Waals surface area contributed by atoms with E-state index in [1.54, 1.807) is 19.1 Å². The van der Waals surface area contributed by atoms with Crippen LogP contribution in [0, 0.1) is 11.6 Å². The summed E-state index contributed by atoms with van der Waals surface area (Å²) >= 11 is 0. The van der Waals surface area contributed by atoms with Gasteiger partial charge >= 0.3 is 12.2 Å². The molecule has 3 heterocycles. The molecule has 2 aliphatic rings. The number of pyridine rings is 1. The highest BCUT2D eigenvalue weighted by Gasteiger charge is 2.35. The van der Waals surface area contributed by atoms with Crippen molar-refractivity contribution in [2.24, 2.45) is 0 Å². The molecule has 2 aromatic rings. The number of hydrogen-bond acceptors (Lipinski definition) is 8. The van der Waals surface area contributed by atoms with E-state index in [0.29, 0.717) is 12.0 Å². The first-order valence-corrected chi connectivity index (χ1v) is 13.3. The zero-order valence-corrected chi connectivity index (χ0v) is 22.8. The molecule has 2 aliphatic heterocycles. The Bertz CT molecular complexity index is 1250. The summed E-state index contributed by atoms with van der Waals surface area (Å²) in [6.07, 6.45) is 1.44. The predicted octanol–water partition coefficient (Wildman–Crippen LogP) is 2.29. The summed E-state index contributed by atoms with van der Waals surface area (Å²) in [4.78, 5) is 57.2. The Hall–Kier alpha value is -4.49. The Balaban J connectivity index is 1.32. The van der Waals surface area contributed by atoms with E-state index in [-0.39, 0.29) is 63.2 Å². The highest BCUT2D eigenvalue weighted by molar-refractivity contribution is 5.97. The van der Waals surface area contributed by atoms with Gasteiger partial charge in [-0.15, -0.1) is 0 Å². The van der Waals surface area contributed by atoms with Gasteiger partial charge in [-0.05, 0) is 25.5 Å². The van der Waals surface area contributed by atoms with E-state index in [9.17, 15) is 19.2 Å². The summed E-state index contributed by atoms with van der Waals surface area (Å²) in [5, 5.41) is 5.13. The van der Waals surface area contributed by atoms with Crippen LogP contribution in [0.4, 0.5) is 29.7 Å². The second-order valence-electron chi connectivity index (χ2n) is 9.64. The zero-order chi connectivity index (χ0) is 29.5. The number of nitrogens with one attached hydrogen (secondary N) is 2. The molecule has 2 atom stereocenters. The standard InChI is InChI=1S/C27H32F2N6O6/c1-3-11-40-26(38)31-15-20-16-35(27(39)41-20)19-12-21(28)23(22(29)13-19)33-7-9-34(10-8-33)25(37)17(2)32-24(36)18-5-4-6-30-14-18/h4-6,12-14,17,20H,3,7-11,15-16H2,1-2H3,(H,31,38)(H,32,36)/t17-,20-/m0/s1. The van der Waals surface area contributed by atoms with Crippen molar-refractivity contribution in [3.8, 4) is 0 Å². The number of anilines is 2. The smallest absolute Gasteiger partial charge is 0.414 e. The lowest BCUT2D eigenvalue weighted by molar-refractivity contribution is -0.133. The molecule has 0 spiro atoms. The molecule has 2 saturated heterocycles. The van der Waals surface area contributed by atoms with Crippen LogP contribution < -0.4 is 20.4 Å². The molecule has 0 bridgehead atoms. The number of amides is 4. The number of carbonyl (C=O) groups is 4. The fraction of sp³-hybridized carbons (Fsp3) is 0.444. The summed E-state index contributed by atoms with van der Waals surface area (Å²) < 4.78 is 40.4. The van der Waals surface area contributed by atoms with Crippen molar-refractivity contribution in [3.63, 3.8) is 0 Å². The highest BCUT2D eigenvalue weighted by Crippen LogP contribution is 2.31. The molecular formula is C27H32F2N6O6. The summed E-state index contributed by atoms with van der Waals surface area (Å²) in [5.41, 5.74) is 0.0490. The van der Waals surface area contributed by atoms with E-state index in [1.165, 1.54) is 22.2 Å². The van der Waals surface area contributed by atoms with Crippen LogP contribution in [0.3, 0.4) is 0 Å². The van der Waals surface area contributed by atoms with Gasteiger partial charge < -0.3 is 29.9 Å².